The summed E-state index contributed by atoms with van der Waals surface area (Å²) in [5.74, 6) is -12.5. The molecule has 0 aromatic heterocycles. The number of rotatable bonds is 11. The van der Waals surface area contributed by atoms with Crippen molar-refractivity contribution in [3.05, 3.63) is 59.7 Å². The monoisotopic (exact) mass is 560 g/mol. The summed E-state index contributed by atoms with van der Waals surface area (Å²) in [5, 5.41) is 9.11. The van der Waals surface area contributed by atoms with Gasteiger partial charge in [-0.15, -0.1) is 0 Å². The van der Waals surface area contributed by atoms with Crippen LogP contribution in [0.5, 0.6) is 5.75 Å². The summed E-state index contributed by atoms with van der Waals surface area (Å²) < 4.78 is 75.3. The Kier molecular flexibility index (Phi) is 12.0. The maximum absolute atomic E-state index is 13.7. The van der Waals surface area contributed by atoms with Crippen LogP contribution in [0.1, 0.15) is 12.8 Å². The van der Waals surface area contributed by atoms with Gasteiger partial charge in [0.15, 0.2) is 23.2 Å². The lowest BCUT2D eigenvalue weighted by Gasteiger charge is -2.35. The summed E-state index contributed by atoms with van der Waals surface area (Å²) in [6.07, 6.45) is -1.13. The van der Waals surface area contributed by atoms with Crippen molar-refractivity contribution < 1.29 is 50.2 Å². The summed E-state index contributed by atoms with van der Waals surface area (Å²) in [7, 11) is 0. The summed E-state index contributed by atoms with van der Waals surface area (Å²) in [4.78, 5) is 40.3. The van der Waals surface area contributed by atoms with Crippen LogP contribution in [0.15, 0.2) is 36.4 Å². The Balaban J connectivity index is 0.00000161. The molecular formula is C24H24F4N2O7S. The molecule has 0 bridgehead atoms. The first-order chi connectivity index (χ1) is 18.1. The average molecular weight is 561 g/mol. The highest BCUT2D eigenvalue weighted by molar-refractivity contribution is 7.51. The van der Waals surface area contributed by atoms with Crippen molar-refractivity contribution in [1.82, 2.24) is 4.90 Å². The summed E-state index contributed by atoms with van der Waals surface area (Å²) in [6.45, 7) is 1.49. The van der Waals surface area contributed by atoms with E-state index < -0.39 is 77.7 Å². The number of halogens is 4. The van der Waals surface area contributed by atoms with Gasteiger partial charge in [-0.25, -0.2) is 8.78 Å². The first kappa shape index (κ1) is 30.6. The summed E-state index contributed by atoms with van der Waals surface area (Å²) in [5.41, 5.74) is 1.07. The molecule has 2 aromatic rings. The lowest BCUT2D eigenvalue weighted by molar-refractivity contribution is -0.141. The number of nitrogens with zero attached hydrogens (tertiary/aromatic N) is 2. The number of carbonyl (C=O) groups excluding carboxylic acids is 2. The minimum Gasteiger partial charge on any atom is -0.481 e. The van der Waals surface area contributed by atoms with Gasteiger partial charge in [0.05, 0.1) is 13.0 Å². The molecule has 2 aromatic carbocycles. The topological polar surface area (TPSA) is 121 Å². The molecule has 1 N–H and O–H groups in total. The Morgan fingerprint density at radius 1 is 0.921 bits per heavy atom. The van der Waals surface area contributed by atoms with Crippen molar-refractivity contribution in [1.29, 1.82) is 0 Å². The van der Waals surface area contributed by atoms with E-state index in [0.717, 1.165) is 5.69 Å². The summed E-state index contributed by atoms with van der Waals surface area (Å²) in [6, 6.07) is 9.75. The Bertz CT molecular complexity index is 1150. The highest BCUT2D eigenvalue weighted by Gasteiger charge is 2.28. The number of hydrogen-bond acceptors (Lipinski definition) is 8. The predicted molar refractivity (Wildman–Crippen MR) is 126 cm³/mol. The van der Waals surface area contributed by atoms with Crippen LogP contribution in [0.3, 0.4) is 0 Å². The van der Waals surface area contributed by atoms with Gasteiger partial charge in [0, 0.05) is 50.3 Å². The number of hydrogen-bond donors (Lipinski definition) is 1. The van der Waals surface area contributed by atoms with E-state index in [-0.39, 0.29) is 18.4 Å². The normalized spacial score (nSPS) is 14.2. The smallest absolute Gasteiger partial charge is 0.335 e. The van der Waals surface area contributed by atoms with Crippen LogP contribution in [0, 0.1) is 29.2 Å². The molecule has 3 rings (SSSR count). The Morgan fingerprint density at radius 2 is 1.47 bits per heavy atom. The maximum atomic E-state index is 13.7. The van der Waals surface area contributed by atoms with Crippen LogP contribution in [-0.4, -0.2) is 75.3 Å². The lowest BCUT2D eigenvalue weighted by atomic mass is 9.94. The second-order valence-electron chi connectivity index (χ2n) is 8.26. The van der Waals surface area contributed by atoms with E-state index in [4.69, 9.17) is 13.5 Å². The number of carbonyl (C=O) groups is 3. The molecule has 9 nitrogen and oxygen atoms in total. The van der Waals surface area contributed by atoms with Gasteiger partial charge in [-0.3, -0.25) is 19.3 Å². The minimum atomic E-state index is -1.82. The number of Topliss-reactive ketones (excluding diaryl/α,β-unsaturated/α-hetero) is 2. The maximum Gasteiger partial charge on any atom is 0.335 e. The Hall–Kier alpha value is -3.65. The number of para-hydroxylation sites is 1. The van der Waals surface area contributed by atoms with E-state index in [1.807, 2.05) is 35.2 Å². The Labute approximate surface area is 218 Å². The predicted octanol–water partition coefficient (Wildman–Crippen LogP) is 2.39. The van der Waals surface area contributed by atoms with E-state index in [9.17, 15) is 31.9 Å². The van der Waals surface area contributed by atoms with Crippen LogP contribution in [0.4, 0.5) is 23.2 Å². The van der Waals surface area contributed by atoms with Gasteiger partial charge in [-0.2, -0.15) is 17.2 Å². The molecule has 38 heavy (non-hydrogen) atoms. The molecule has 1 aliphatic rings. The number of anilines is 1. The van der Waals surface area contributed by atoms with Crippen LogP contribution >= 0.6 is 0 Å². The van der Waals surface area contributed by atoms with Crippen molar-refractivity contribution in [2.45, 2.75) is 12.8 Å². The second kappa shape index (κ2) is 14.9. The SMILES string of the molecule is O=C(O)C[C@H](CC(=O)CN1CCN(c2ccccc2)CC1)C(=O)COc1c(F)c(F)cc(F)c1F.O=S=O. The number of aliphatic carboxylic acids is 1. The third-order valence-electron chi connectivity index (χ3n) is 5.67. The van der Waals surface area contributed by atoms with Gasteiger partial charge >= 0.3 is 17.5 Å². The van der Waals surface area contributed by atoms with Gasteiger partial charge in [0.25, 0.3) is 0 Å². The fourth-order valence-electron chi connectivity index (χ4n) is 3.84. The third-order valence-corrected chi connectivity index (χ3v) is 5.67. The molecule has 1 heterocycles. The van der Waals surface area contributed by atoms with Crippen molar-refractivity contribution >= 4 is 34.8 Å². The minimum absolute atomic E-state index is 0.00521. The number of piperazine rings is 1. The zero-order valence-corrected chi connectivity index (χ0v) is 20.7. The zero-order chi connectivity index (χ0) is 28.2. The number of ketones is 2. The van der Waals surface area contributed by atoms with Gasteiger partial charge in [0.2, 0.25) is 11.6 Å². The fraction of sp³-hybridized carbons (Fsp3) is 0.375. The highest BCUT2D eigenvalue weighted by Crippen LogP contribution is 2.27. The van der Waals surface area contributed by atoms with E-state index in [1.54, 1.807) is 0 Å². The first-order valence-corrected chi connectivity index (χ1v) is 11.9. The number of carboxylic acid groups (broad SMARTS) is 1. The largest absolute Gasteiger partial charge is 0.481 e. The van der Waals surface area contributed by atoms with E-state index in [2.05, 4.69) is 9.64 Å². The number of ether oxygens (including phenoxy) is 1. The molecule has 1 fully saturated rings. The molecular weight excluding hydrogens is 536 g/mol. The number of benzene rings is 2. The van der Waals surface area contributed by atoms with E-state index in [1.165, 1.54) is 0 Å². The van der Waals surface area contributed by atoms with E-state index in [0.29, 0.717) is 26.2 Å². The molecule has 0 radical (unpaired) electrons. The average Bonchev–Trinajstić information content (AvgIpc) is 2.88. The first-order valence-electron chi connectivity index (χ1n) is 11.2. The molecule has 1 aliphatic heterocycles. The molecule has 1 atom stereocenters. The quantitative estimate of drug-likeness (QED) is 0.326. The molecule has 14 heteroatoms. The molecule has 1 saturated heterocycles. The molecule has 0 saturated carbocycles. The second-order valence-corrected chi connectivity index (χ2v) is 8.39. The van der Waals surface area contributed by atoms with Crippen LogP contribution < -0.4 is 9.64 Å². The van der Waals surface area contributed by atoms with Crippen LogP contribution in [0.25, 0.3) is 0 Å². The molecule has 0 spiro atoms. The Morgan fingerprint density at radius 3 is 2.00 bits per heavy atom. The van der Waals surface area contributed by atoms with Crippen LogP contribution in [-0.2, 0) is 26.0 Å². The summed E-state index contributed by atoms with van der Waals surface area (Å²) >= 11 is -0.750. The molecule has 0 aliphatic carbocycles. The van der Waals surface area contributed by atoms with Crippen molar-refractivity contribution in [3.8, 4) is 5.75 Å². The van der Waals surface area contributed by atoms with Crippen molar-refractivity contribution in [2.75, 3.05) is 44.2 Å². The van der Waals surface area contributed by atoms with Crippen molar-refractivity contribution in [3.63, 3.8) is 0 Å². The standard InChI is InChI=1S/C24H24F4N2O5.O2S/c25-18-12-19(26)23(28)24(22(18)27)35-14-20(32)15(11-21(33)34)10-17(31)13-29-6-8-30(9-7-29)16-4-2-1-3-5-16;1-3-2/h1-5,12,15H,6-11,13-14H2,(H,33,34);/t15-;/m0./s1. The molecule has 206 valence electrons. The third kappa shape index (κ3) is 9.03. The molecule has 0 unspecified atom stereocenters. The lowest BCUT2D eigenvalue weighted by Crippen LogP contribution is -2.48. The number of carboxylic acids is 1. The van der Waals surface area contributed by atoms with Gasteiger partial charge in [-0.1, -0.05) is 18.2 Å². The highest BCUT2D eigenvalue weighted by atomic mass is 32.1. The molecule has 0 amide bonds. The fourth-order valence-corrected chi connectivity index (χ4v) is 3.84. The van der Waals surface area contributed by atoms with E-state index >= 15 is 0 Å². The van der Waals surface area contributed by atoms with Gasteiger partial charge < -0.3 is 14.7 Å². The van der Waals surface area contributed by atoms with Crippen LogP contribution in [0.2, 0.25) is 0 Å². The van der Waals surface area contributed by atoms with Crippen molar-refractivity contribution in [2.24, 2.45) is 5.92 Å². The van der Waals surface area contributed by atoms with Gasteiger partial charge in [0.1, 0.15) is 12.4 Å². The zero-order valence-electron chi connectivity index (χ0n) is 19.9. The van der Waals surface area contributed by atoms with Gasteiger partial charge in [-0.05, 0) is 12.1 Å².